The molecule has 1 saturated heterocycles. The minimum Gasteiger partial charge on any atom is -0.240 e. The first-order valence-electron chi connectivity index (χ1n) is 13.2. The minimum atomic E-state index is -3.65. The van der Waals surface area contributed by atoms with E-state index < -0.39 is 10.0 Å². The van der Waals surface area contributed by atoms with Crippen molar-refractivity contribution >= 4 is 43.2 Å². The van der Waals surface area contributed by atoms with Gasteiger partial charge in [-0.05, 0) is 61.2 Å². The molecule has 1 atom stereocenters. The highest BCUT2D eigenvalue weighted by atomic mass is 32.2. The lowest BCUT2D eigenvalue weighted by Gasteiger charge is -2.30. The van der Waals surface area contributed by atoms with Crippen molar-refractivity contribution < 1.29 is 8.42 Å². The highest BCUT2D eigenvalue weighted by Crippen LogP contribution is 2.33. The van der Waals surface area contributed by atoms with Gasteiger partial charge in [0.25, 0.3) is 0 Å². The SMILES string of the molecule is CC1CCCN(S(=O)(=O)c2cccc(-c3nn(-c4ccccc4)cc3C=C(C#N)c3nc4ccccc4s3)c2)C1. The summed E-state index contributed by atoms with van der Waals surface area (Å²) in [5.41, 5.74) is 4.05. The van der Waals surface area contributed by atoms with Crippen LogP contribution in [-0.2, 0) is 10.0 Å². The Morgan fingerprint density at radius 1 is 1.07 bits per heavy atom. The van der Waals surface area contributed by atoms with Crippen LogP contribution in [0.1, 0.15) is 30.3 Å². The molecule has 0 bridgehead atoms. The van der Waals surface area contributed by atoms with Crippen LogP contribution in [0.2, 0.25) is 0 Å². The summed E-state index contributed by atoms with van der Waals surface area (Å²) in [7, 11) is -3.65. The minimum absolute atomic E-state index is 0.245. The summed E-state index contributed by atoms with van der Waals surface area (Å²) < 4.78 is 31.5. The highest BCUT2D eigenvalue weighted by Gasteiger charge is 2.29. The van der Waals surface area contributed by atoms with Crippen molar-refractivity contribution in [1.82, 2.24) is 19.1 Å². The van der Waals surface area contributed by atoms with Gasteiger partial charge >= 0.3 is 0 Å². The van der Waals surface area contributed by atoms with Gasteiger partial charge in [0.2, 0.25) is 10.0 Å². The van der Waals surface area contributed by atoms with Gasteiger partial charge < -0.3 is 0 Å². The number of sulfonamides is 1. The summed E-state index contributed by atoms with van der Waals surface area (Å²) in [6.07, 6.45) is 5.55. The van der Waals surface area contributed by atoms with Crippen molar-refractivity contribution in [2.24, 2.45) is 5.92 Å². The third-order valence-electron chi connectivity index (χ3n) is 7.07. The number of piperidine rings is 1. The smallest absolute Gasteiger partial charge is 0.240 e. The van der Waals surface area contributed by atoms with Gasteiger partial charge in [-0.25, -0.2) is 18.1 Å². The summed E-state index contributed by atoms with van der Waals surface area (Å²) in [6, 6.07) is 26.7. The molecule has 200 valence electrons. The van der Waals surface area contributed by atoms with Crippen LogP contribution in [0, 0.1) is 17.2 Å². The Balaban J connectivity index is 1.46. The third kappa shape index (κ3) is 5.09. The van der Waals surface area contributed by atoms with Gasteiger partial charge in [0.15, 0.2) is 0 Å². The molecule has 2 aromatic heterocycles. The van der Waals surface area contributed by atoms with Crippen LogP contribution in [0.4, 0.5) is 0 Å². The summed E-state index contributed by atoms with van der Waals surface area (Å²) >= 11 is 1.46. The zero-order chi connectivity index (χ0) is 27.7. The fraction of sp³-hybridized carbons (Fsp3) is 0.194. The standard InChI is InChI=1S/C31H27N5O2S2/c1-22-9-8-16-35(20-22)40(37,38)27-13-7-10-23(18-27)30-25(21-36(34-30)26-11-3-2-4-12-26)17-24(19-32)31-33-28-14-5-6-15-29(28)39-31/h2-7,10-15,17-18,21-22H,8-9,16,20H2,1H3. The van der Waals surface area contributed by atoms with Crippen LogP contribution in [0.15, 0.2) is 90.0 Å². The second-order valence-electron chi connectivity index (χ2n) is 10.0. The van der Waals surface area contributed by atoms with Gasteiger partial charge in [0.05, 0.1) is 26.4 Å². The Bertz CT molecular complexity index is 1830. The van der Waals surface area contributed by atoms with Crippen molar-refractivity contribution in [3.63, 3.8) is 0 Å². The van der Waals surface area contributed by atoms with Crippen molar-refractivity contribution in [1.29, 1.82) is 5.26 Å². The van der Waals surface area contributed by atoms with Crippen molar-refractivity contribution in [3.8, 4) is 23.0 Å². The topological polar surface area (TPSA) is 91.9 Å². The number of rotatable bonds is 6. The van der Waals surface area contributed by atoms with Crippen LogP contribution in [0.5, 0.6) is 0 Å². The van der Waals surface area contributed by atoms with Gasteiger partial charge in [0.1, 0.15) is 16.8 Å². The zero-order valence-corrected chi connectivity index (χ0v) is 23.6. The first-order chi connectivity index (χ1) is 19.4. The van der Waals surface area contributed by atoms with Gasteiger partial charge in [-0.3, -0.25) is 0 Å². The van der Waals surface area contributed by atoms with E-state index in [0.29, 0.717) is 46.4 Å². The molecule has 3 aromatic carbocycles. The lowest BCUT2D eigenvalue weighted by atomic mass is 10.0. The number of hydrogen-bond donors (Lipinski definition) is 0. The fourth-order valence-corrected chi connectivity index (χ4v) is 7.61. The molecule has 0 amide bonds. The molecule has 9 heteroatoms. The number of hydrogen-bond acceptors (Lipinski definition) is 6. The summed E-state index contributed by atoms with van der Waals surface area (Å²) in [5.74, 6) is 0.330. The maximum Gasteiger partial charge on any atom is 0.243 e. The molecular weight excluding hydrogens is 539 g/mol. The van der Waals surface area contributed by atoms with Gasteiger partial charge in [-0.15, -0.1) is 11.3 Å². The zero-order valence-electron chi connectivity index (χ0n) is 21.9. The lowest BCUT2D eigenvalue weighted by molar-refractivity contribution is 0.281. The van der Waals surface area contributed by atoms with Gasteiger partial charge in [-0.2, -0.15) is 14.7 Å². The Kier molecular flexibility index (Phi) is 7.07. The van der Waals surface area contributed by atoms with Crippen LogP contribution >= 0.6 is 11.3 Å². The molecule has 1 unspecified atom stereocenters. The predicted molar refractivity (Wildman–Crippen MR) is 159 cm³/mol. The number of fused-ring (bicyclic) bond motifs is 1. The van der Waals surface area contributed by atoms with E-state index in [9.17, 15) is 13.7 Å². The molecule has 40 heavy (non-hydrogen) atoms. The van der Waals surface area contributed by atoms with E-state index in [1.165, 1.54) is 11.3 Å². The molecule has 3 heterocycles. The van der Waals surface area contributed by atoms with Gasteiger partial charge in [0, 0.05) is 30.4 Å². The van der Waals surface area contributed by atoms with Crippen molar-refractivity contribution in [2.45, 2.75) is 24.7 Å². The van der Waals surface area contributed by atoms with E-state index in [1.807, 2.05) is 66.9 Å². The normalized spacial score (nSPS) is 16.7. The van der Waals surface area contributed by atoms with E-state index in [1.54, 1.807) is 33.3 Å². The van der Waals surface area contributed by atoms with Crippen LogP contribution in [0.25, 0.3) is 38.8 Å². The van der Waals surface area contributed by atoms with Crippen LogP contribution < -0.4 is 0 Å². The molecule has 0 saturated carbocycles. The number of allylic oxidation sites excluding steroid dienone is 1. The molecule has 5 aromatic rings. The van der Waals surface area contributed by atoms with Crippen LogP contribution in [0.3, 0.4) is 0 Å². The molecule has 0 aliphatic carbocycles. The number of nitrogens with zero attached hydrogens (tertiary/aromatic N) is 5. The average Bonchev–Trinajstić information content (AvgIpc) is 3.61. The Morgan fingerprint density at radius 3 is 2.65 bits per heavy atom. The van der Waals surface area contributed by atoms with Crippen molar-refractivity contribution in [3.05, 3.63) is 95.6 Å². The molecule has 1 aliphatic rings. The largest absolute Gasteiger partial charge is 0.243 e. The van der Waals surface area contributed by atoms with Crippen molar-refractivity contribution in [2.75, 3.05) is 13.1 Å². The van der Waals surface area contributed by atoms with E-state index in [2.05, 4.69) is 18.0 Å². The number of aromatic nitrogens is 3. The number of nitriles is 1. The number of para-hydroxylation sites is 2. The van der Waals surface area contributed by atoms with E-state index >= 15 is 0 Å². The molecular formula is C31H27N5O2S2. The Labute approximate surface area is 237 Å². The maximum atomic E-state index is 13.6. The summed E-state index contributed by atoms with van der Waals surface area (Å²) in [4.78, 5) is 4.91. The number of thiazole rings is 1. The maximum absolute atomic E-state index is 13.6. The molecule has 7 nitrogen and oxygen atoms in total. The monoisotopic (exact) mass is 565 g/mol. The quantitative estimate of drug-likeness (QED) is 0.215. The van der Waals surface area contributed by atoms with E-state index in [0.717, 1.165) is 28.7 Å². The van der Waals surface area contributed by atoms with E-state index in [4.69, 9.17) is 5.10 Å². The van der Waals surface area contributed by atoms with E-state index in [-0.39, 0.29) is 4.90 Å². The Hall–Kier alpha value is -4.10. The molecule has 0 N–H and O–H groups in total. The second-order valence-corrected chi connectivity index (χ2v) is 13.0. The lowest BCUT2D eigenvalue weighted by Crippen LogP contribution is -2.39. The molecule has 0 radical (unpaired) electrons. The van der Waals surface area contributed by atoms with Gasteiger partial charge in [-0.1, -0.05) is 49.4 Å². The van der Waals surface area contributed by atoms with Crippen LogP contribution in [-0.4, -0.2) is 40.6 Å². The highest BCUT2D eigenvalue weighted by molar-refractivity contribution is 7.89. The fourth-order valence-electron chi connectivity index (χ4n) is 5.03. The first-order valence-corrected chi connectivity index (χ1v) is 15.4. The predicted octanol–water partition coefficient (Wildman–Crippen LogP) is 6.63. The summed E-state index contributed by atoms with van der Waals surface area (Å²) in [5, 5.41) is 15.6. The molecule has 1 fully saturated rings. The summed E-state index contributed by atoms with van der Waals surface area (Å²) in [6.45, 7) is 3.14. The molecule has 1 aliphatic heterocycles. The Morgan fingerprint density at radius 2 is 1.88 bits per heavy atom. The first kappa shape index (κ1) is 26.1. The second kappa shape index (κ2) is 10.8. The molecule has 0 spiro atoms. The third-order valence-corrected chi connectivity index (χ3v) is 10.0. The number of benzene rings is 3. The average molecular weight is 566 g/mol. The molecule has 6 rings (SSSR count).